The third-order valence-electron chi connectivity index (χ3n) is 23.1. The van der Waals surface area contributed by atoms with Crippen LogP contribution in [0.15, 0.2) is 84.9 Å². The van der Waals surface area contributed by atoms with Crippen molar-refractivity contribution in [3.05, 3.63) is 129 Å². The molecule has 0 atom stereocenters. The molecule has 0 unspecified atom stereocenters. The summed E-state index contributed by atoms with van der Waals surface area (Å²) in [5.41, 5.74) is 27.3. The van der Waals surface area contributed by atoms with Crippen LogP contribution in [-0.2, 0) is 0 Å². The van der Waals surface area contributed by atoms with Crippen molar-refractivity contribution in [3.63, 3.8) is 0 Å². The normalized spacial score (nSPS) is 23.0. The molecule has 0 bridgehead atoms. The summed E-state index contributed by atoms with van der Waals surface area (Å²) < 4.78 is 0. The second-order valence-corrected chi connectivity index (χ2v) is 27.9. The third kappa shape index (κ3) is 11.2. The van der Waals surface area contributed by atoms with Gasteiger partial charge in [-0.15, -0.1) is 0 Å². The minimum atomic E-state index is 0.636. The van der Waals surface area contributed by atoms with Crippen LogP contribution in [0.1, 0.15) is 349 Å². The van der Waals surface area contributed by atoms with Gasteiger partial charge in [0, 0.05) is 0 Å². The molecule has 8 fully saturated rings. The van der Waals surface area contributed by atoms with E-state index in [0.717, 1.165) is 0 Å². The third-order valence-corrected chi connectivity index (χ3v) is 23.1. The first kappa shape index (κ1) is 53.4. The Balaban J connectivity index is 1.21. The van der Waals surface area contributed by atoms with Crippen LogP contribution >= 0.6 is 0 Å². The van der Waals surface area contributed by atoms with E-state index in [-0.39, 0.29) is 0 Å². The maximum absolute atomic E-state index is 3.07. The van der Waals surface area contributed by atoms with Gasteiger partial charge in [-0.05, 0) is 251 Å². The van der Waals surface area contributed by atoms with Crippen LogP contribution in [0.4, 0.5) is 0 Å². The Hall–Kier alpha value is -3.90. The van der Waals surface area contributed by atoms with E-state index in [0.29, 0.717) is 47.3 Å². The molecule has 0 amide bonds. The van der Waals surface area contributed by atoms with Crippen molar-refractivity contribution in [2.24, 2.45) is 0 Å². The lowest BCUT2D eigenvalue weighted by atomic mass is 9.68. The lowest BCUT2D eigenvalue weighted by Crippen LogP contribution is -2.15. The van der Waals surface area contributed by atoms with Gasteiger partial charge in [0.05, 0.1) is 0 Å². The first-order valence-corrected chi connectivity index (χ1v) is 34.5. The fourth-order valence-corrected chi connectivity index (χ4v) is 19.1. The molecule has 5 aromatic rings. The number of hydrogen-bond acceptors (Lipinski definition) is 0. The molecular weight excluding hydrogens is 937 g/mol. The van der Waals surface area contributed by atoms with Crippen LogP contribution in [0, 0.1) is 0 Å². The summed E-state index contributed by atoms with van der Waals surface area (Å²) in [6, 6.07) is 38.0. The van der Waals surface area contributed by atoms with Gasteiger partial charge in [0.2, 0.25) is 0 Å². The lowest BCUT2D eigenvalue weighted by Gasteiger charge is -2.36. The maximum atomic E-state index is 3.07. The van der Waals surface area contributed by atoms with E-state index in [4.69, 9.17) is 0 Å². The number of hydrogen-bond donors (Lipinski definition) is 0. The molecular formula is C78H102. The summed E-state index contributed by atoms with van der Waals surface area (Å²) in [4.78, 5) is 0. The molecule has 13 rings (SSSR count). The summed E-state index contributed by atoms with van der Waals surface area (Å²) in [6.45, 7) is 0. The van der Waals surface area contributed by atoms with E-state index < -0.39 is 0 Å². The summed E-state index contributed by atoms with van der Waals surface area (Å²) in [5, 5.41) is 0. The van der Waals surface area contributed by atoms with Crippen molar-refractivity contribution in [3.8, 4) is 44.5 Å². The highest BCUT2D eigenvalue weighted by molar-refractivity contribution is 6.00. The Kier molecular flexibility index (Phi) is 17.5. The minimum absolute atomic E-state index is 0.636. The van der Waals surface area contributed by atoms with Crippen LogP contribution in [0.2, 0.25) is 0 Å². The summed E-state index contributed by atoms with van der Waals surface area (Å²) in [6.07, 6.45) is 55.0. The summed E-state index contributed by atoms with van der Waals surface area (Å²) in [7, 11) is 0. The Labute approximate surface area is 475 Å². The zero-order valence-electron chi connectivity index (χ0n) is 49.0. The van der Waals surface area contributed by atoms with Gasteiger partial charge in [0.25, 0.3) is 0 Å². The largest absolute Gasteiger partial charge is 0.0617 e. The molecule has 0 saturated heterocycles. The van der Waals surface area contributed by atoms with Gasteiger partial charge in [0.1, 0.15) is 0 Å². The van der Waals surface area contributed by atoms with Crippen LogP contribution in [-0.4, -0.2) is 0 Å². The monoisotopic (exact) mass is 1040 g/mol. The van der Waals surface area contributed by atoms with Crippen molar-refractivity contribution >= 4 is 0 Å². The zero-order valence-corrected chi connectivity index (χ0v) is 49.0. The highest BCUT2D eigenvalue weighted by atomic mass is 14.4. The molecule has 0 heteroatoms. The quantitative estimate of drug-likeness (QED) is 0.117. The molecule has 8 aliphatic rings. The summed E-state index contributed by atoms with van der Waals surface area (Å²) in [5.74, 6) is 5.09. The van der Waals surface area contributed by atoms with Crippen LogP contribution < -0.4 is 0 Å². The molecule has 0 aliphatic heterocycles. The zero-order chi connectivity index (χ0) is 52.0. The minimum Gasteiger partial charge on any atom is -0.0617 e. The molecule has 8 saturated carbocycles. The van der Waals surface area contributed by atoms with Gasteiger partial charge >= 0.3 is 0 Å². The maximum Gasteiger partial charge on any atom is -0.00928 e. The van der Waals surface area contributed by atoms with Crippen molar-refractivity contribution in [2.75, 3.05) is 0 Å². The molecule has 8 aliphatic carbocycles. The average Bonchev–Trinajstić information content (AvgIpc) is 3.73. The molecule has 78 heavy (non-hydrogen) atoms. The van der Waals surface area contributed by atoms with Gasteiger partial charge in [0.15, 0.2) is 0 Å². The van der Waals surface area contributed by atoms with Crippen molar-refractivity contribution in [1.29, 1.82) is 0 Å². The second kappa shape index (κ2) is 25.5. The second-order valence-electron chi connectivity index (χ2n) is 27.9. The topological polar surface area (TPSA) is 0 Å². The van der Waals surface area contributed by atoms with Gasteiger partial charge in [-0.2, -0.15) is 0 Å². The van der Waals surface area contributed by atoms with Crippen LogP contribution in [0.3, 0.4) is 0 Å². The molecule has 0 heterocycles. The SMILES string of the molecule is c1cc(C2CCCCC2)c(-c2cc(-c3c(C4CCCCC4)cccc3C3CCCCC3)c(-c3c(C4CCCCC4)cccc3C3CCCCC3)cc2-c2c(C3CCCCC3)cccc2C2CCCCC2)c(C2CCCCC2)c1. The molecule has 414 valence electrons. The van der Waals surface area contributed by atoms with Crippen molar-refractivity contribution in [1.82, 2.24) is 0 Å². The van der Waals surface area contributed by atoms with E-state index >= 15 is 0 Å². The molecule has 0 radical (unpaired) electrons. The average molecular weight is 1040 g/mol. The van der Waals surface area contributed by atoms with Crippen molar-refractivity contribution < 1.29 is 0 Å². The van der Waals surface area contributed by atoms with E-state index in [1.54, 1.807) is 89.0 Å². The van der Waals surface area contributed by atoms with E-state index in [1.807, 2.05) is 0 Å². The Bertz CT molecular complexity index is 2230. The molecule has 5 aromatic carbocycles. The highest BCUT2D eigenvalue weighted by Crippen LogP contribution is 2.58. The first-order valence-electron chi connectivity index (χ1n) is 34.5. The predicted octanol–water partition coefficient (Wildman–Crippen LogP) is 24.7. The molecule has 0 aromatic heterocycles. The van der Waals surface area contributed by atoms with Gasteiger partial charge < -0.3 is 0 Å². The fourth-order valence-electron chi connectivity index (χ4n) is 19.1. The molecule has 0 N–H and O–H groups in total. The Morgan fingerprint density at radius 3 is 0.423 bits per heavy atom. The van der Waals surface area contributed by atoms with Gasteiger partial charge in [-0.25, -0.2) is 0 Å². The van der Waals surface area contributed by atoms with Crippen molar-refractivity contribution in [2.45, 2.75) is 304 Å². The highest BCUT2D eigenvalue weighted by Gasteiger charge is 2.36. The predicted molar refractivity (Wildman–Crippen MR) is 335 cm³/mol. The lowest BCUT2D eigenvalue weighted by molar-refractivity contribution is 0.436. The molecule has 0 nitrogen and oxygen atoms in total. The number of rotatable bonds is 12. The van der Waals surface area contributed by atoms with Gasteiger partial charge in [-0.1, -0.05) is 227 Å². The van der Waals surface area contributed by atoms with E-state index in [2.05, 4.69) is 84.9 Å². The Morgan fingerprint density at radius 2 is 0.295 bits per heavy atom. The standard InChI is InChI=1S/C78H102/c1-9-29-55(30-10-1)63-45-25-46-64(56-31-11-2-12-32-56)75(63)71-53-73(77-67(59-37-17-5-18-38-59)49-27-50-68(77)60-39-19-6-20-40-60)74(78-69(61-41-21-7-22-42-61)51-28-52-70(78)62-43-23-8-24-44-62)54-72(71)76-65(57-33-13-3-14-34-57)47-26-48-66(76)58-35-15-4-16-36-58/h25-28,45-62H,1-24,29-44H2. The van der Waals surface area contributed by atoms with E-state index in [1.165, 1.54) is 257 Å². The van der Waals surface area contributed by atoms with Crippen LogP contribution in [0.5, 0.6) is 0 Å². The fraction of sp³-hybridized carbons (Fsp3) is 0.615. The number of benzene rings is 5. The van der Waals surface area contributed by atoms with Crippen LogP contribution in [0.25, 0.3) is 44.5 Å². The Morgan fingerprint density at radius 1 is 0.167 bits per heavy atom. The van der Waals surface area contributed by atoms with E-state index in [9.17, 15) is 0 Å². The summed E-state index contributed by atoms with van der Waals surface area (Å²) >= 11 is 0. The smallest absolute Gasteiger partial charge is 0.00928 e. The molecule has 0 spiro atoms. The van der Waals surface area contributed by atoms with Gasteiger partial charge in [-0.3, -0.25) is 0 Å². The first-order chi connectivity index (χ1) is 38.8.